The first-order valence-electron chi connectivity index (χ1n) is 4.41. The molecule has 0 bridgehead atoms. The maximum absolute atomic E-state index is 2.38. The molecule has 0 nitrogen and oxygen atoms in total. The Morgan fingerprint density at radius 3 is 2.20 bits per heavy atom. The summed E-state index contributed by atoms with van der Waals surface area (Å²) in [5.41, 5.74) is 0.549. The summed E-state index contributed by atoms with van der Waals surface area (Å²) in [6.45, 7) is 4.51. The van der Waals surface area contributed by atoms with E-state index in [1.807, 2.05) is 0 Å². The van der Waals surface area contributed by atoms with Crippen LogP contribution in [0.5, 0.6) is 0 Å². The molecule has 58 valence electrons. The Morgan fingerprint density at radius 1 is 1.10 bits per heavy atom. The molecule has 10 heavy (non-hydrogen) atoms. The summed E-state index contributed by atoms with van der Waals surface area (Å²) in [6.07, 6.45) is 11.7. The fraction of sp³-hybridized carbons (Fsp3) is 0.800. The average Bonchev–Trinajstić information content (AvgIpc) is 1.89. The molecule has 0 spiro atoms. The number of hydrogen-bond acceptors (Lipinski definition) is 0. The molecular weight excluding hydrogens is 120 g/mol. The maximum atomic E-state index is 2.38. The number of hydrogen-bond donors (Lipinski definition) is 0. The van der Waals surface area contributed by atoms with Gasteiger partial charge in [-0.3, -0.25) is 0 Å². The summed E-state index contributed by atoms with van der Waals surface area (Å²) < 4.78 is 0. The highest BCUT2D eigenvalue weighted by atomic mass is 14.3. The molecule has 0 unspecified atom stereocenters. The van der Waals surface area contributed by atoms with Crippen LogP contribution >= 0.6 is 0 Å². The highest BCUT2D eigenvalue weighted by Gasteiger charge is 2.22. The summed E-state index contributed by atoms with van der Waals surface area (Å²) in [6, 6.07) is 0. The van der Waals surface area contributed by atoms with Crippen molar-refractivity contribution >= 4 is 0 Å². The predicted octanol–water partition coefficient (Wildman–Crippen LogP) is 3.53. The van der Waals surface area contributed by atoms with Crippen LogP contribution in [0, 0.1) is 5.41 Å². The van der Waals surface area contributed by atoms with Crippen LogP contribution in [-0.4, -0.2) is 0 Å². The van der Waals surface area contributed by atoms with Crippen LogP contribution in [0.15, 0.2) is 12.2 Å². The topological polar surface area (TPSA) is 0 Å². The van der Waals surface area contributed by atoms with Gasteiger partial charge in [0, 0.05) is 0 Å². The predicted molar refractivity (Wildman–Crippen MR) is 46.0 cm³/mol. The van der Waals surface area contributed by atoms with Crippen molar-refractivity contribution in [2.45, 2.75) is 46.0 Å². The van der Waals surface area contributed by atoms with Crippen LogP contribution < -0.4 is 0 Å². The maximum Gasteiger partial charge on any atom is -0.0147 e. The summed E-state index contributed by atoms with van der Waals surface area (Å²) in [7, 11) is 0. The van der Waals surface area contributed by atoms with Crippen molar-refractivity contribution in [1.82, 2.24) is 0 Å². The van der Waals surface area contributed by atoms with Crippen LogP contribution in [0.3, 0.4) is 0 Å². The van der Waals surface area contributed by atoms with Gasteiger partial charge in [-0.25, -0.2) is 0 Å². The molecule has 0 aromatic carbocycles. The Kier molecular flexibility index (Phi) is 2.53. The lowest BCUT2D eigenvalue weighted by atomic mass is 9.76. The molecular formula is C10H18. The van der Waals surface area contributed by atoms with Crippen molar-refractivity contribution in [3.8, 4) is 0 Å². The molecule has 0 aromatic rings. The first kappa shape index (κ1) is 7.84. The van der Waals surface area contributed by atoms with Crippen LogP contribution in [0.1, 0.15) is 46.0 Å². The summed E-state index contributed by atoms with van der Waals surface area (Å²) >= 11 is 0. The molecule has 0 atom stereocenters. The lowest BCUT2D eigenvalue weighted by Crippen LogP contribution is -2.16. The second-order valence-corrected chi connectivity index (χ2v) is 3.71. The first-order chi connectivity index (χ1) is 4.77. The zero-order chi connectivity index (χ0) is 7.45. The Labute approximate surface area is 64.3 Å². The van der Waals surface area contributed by atoms with E-state index in [9.17, 15) is 0 Å². The van der Waals surface area contributed by atoms with E-state index in [0.717, 1.165) is 0 Å². The van der Waals surface area contributed by atoms with E-state index < -0.39 is 0 Å². The summed E-state index contributed by atoms with van der Waals surface area (Å²) in [4.78, 5) is 0. The highest BCUT2D eigenvalue weighted by molar-refractivity contribution is 4.96. The van der Waals surface area contributed by atoms with Gasteiger partial charge < -0.3 is 0 Å². The van der Waals surface area contributed by atoms with E-state index >= 15 is 0 Å². The Bertz CT molecular complexity index is 116. The van der Waals surface area contributed by atoms with E-state index in [0.29, 0.717) is 5.41 Å². The minimum absolute atomic E-state index is 0.549. The molecule has 1 aliphatic carbocycles. The lowest BCUT2D eigenvalue weighted by molar-refractivity contribution is 0.286. The molecule has 0 amide bonds. The Hall–Kier alpha value is -0.260. The molecule has 1 saturated carbocycles. The van der Waals surface area contributed by atoms with Gasteiger partial charge in [-0.1, -0.05) is 38.3 Å². The fourth-order valence-corrected chi connectivity index (χ4v) is 1.93. The minimum Gasteiger partial charge on any atom is -0.0911 e. The molecule has 1 aliphatic rings. The van der Waals surface area contributed by atoms with Crippen molar-refractivity contribution < 1.29 is 0 Å². The van der Waals surface area contributed by atoms with Crippen LogP contribution in [0.2, 0.25) is 0 Å². The quantitative estimate of drug-likeness (QED) is 0.486. The second kappa shape index (κ2) is 3.23. The van der Waals surface area contributed by atoms with Crippen molar-refractivity contribution in [3.05, 3.63) is 12.2 Å². The molecule has 0 N–H and O–H groups in total. The second-order valence-electron chi connectivity index (χ2n) is 3.71. The normalized spacial score (nSPS) is 25.4. The number of allylic oxidation sites excluding steroid dienone is 2. The zero-order valence-corrected chi connectivity index (χ0v) is 7.19. The molecule has 0 heteroatoms. The molecule has 0 saturated heterocycles. The minimum atomic E-state index is 0.549. The monoisotopic (exact) mass is 138 g/mol. The standard InChI is InChI=1S/C10H18/c1-3-7-10(2)8-5-4-6-9-10/h3,7H,4-6,8-9H2,1-2H3/b7-3+. The van der Waals surface area contributed by atoms with Gasteiger partial charge in [0.15, 0.2) is 0 Å². The Morgan fingerprint density at radius 2 is 1.70 bits per heavy atom. The zero-order valence-electron chi connectivity index (χ0n) is 7.19. The molecule has 0 radical (unpaired) electrons. The SMILES string of the molecule is C/C=C/C1(C)CCCCC1. The van der Waals surface area contributed by atoms with E-state index in [-0.39, 0.29) is 0 Å². The fourth-order valence-electron chi connectivity index (χ4n) is 1.93. The van der Waals surface area contributed by atoms with Gasteiger partial charge in [0.25, 0.3) is 0 Å². The van der Waals surface area contributed by atoms with Gasteiger partial charge in [0.2, 0.25) is 0 Å². The smallest absolute Gasteiger partial charge is 0.0147 e. The first-order valence-corrected chi connectivity index (χ1v) is 4.41. The third kappa shape index (κ3) is 1.86. The van der Waals surface area contributed by atoms with Gasteiger partial charge in [-0.15, -0.1) is 0 Å². The van der Waals surface area contributed by atoms with Gasteiger partial charge in [0.1, 0.15) is 0 Å². The summed E-state index contributed by atoms with van der Waals surface area (Å²) in [5.74, 6) is 0. The van der Waals surface area contributed by atoms with Crippen LogP contribution in [-0.2, 0) is 0 Å². The van der Waals surface area contributed by atoms with Gasteiger partial charge in [0.05, 0.1) is 0 Å². The van der Waals surface area contributed by atoms with E-state index in [4.69, 9.17) is 0 Å². The molecule has 0 heterocycles. The largest absolute Gasteiger partial charge is 0.0911 e. The average molecular weight is 138 g/mol. The van der Waals surface area contributed by atoms with Gasteiger partial charge in [-0.2, -0.15) is 0 Å². The van der Waals surface area contributed by atoms with Crippen molar-refractivity contribution in [2.75, 3.05) is 0 Å². The van der Waals surface area contributed by atoms with Crippen LogP contribution in [0.25, 0.3) is 0 Å². The van der Waals surface area contributed by atoms with E-state index in [2.05, 4.69) is 26.0 Å². The van der Waals surface area contributed by atoms with E-state index in [1.165, 1.54) is 32.1 Å². The molecule has 1 fully saturated rings. The van der Waals surface area contributed by atoms with Crippen LogP contribution in [0.4, 0.5) is 0 Å². The Balaban J connectivity index is 2.48. The van der Waals surface area contributed by atoms with Crippen molar-refractivity contribution in [2.24, 2.45) is 5.41 Å². The molecule has 0 aliphatic heterocycles. The van der Waals surface area contributed by atoms with Crippen molar-refractivity contribution in [1.29, 1.82) is 0 Å². The summed E-state index contributed by atoms with van der Waals surface area (Å²) in [5, 5.41) is 0. The third-order valence-corrected chi connectivity index (χ3v) is 2.56. The van der Waals surface area contributed by atoms with Crippen molar-refractivity contribution in [3.63, 3.8) is 0 Å². The molecule has 1 rings (SSSR count). The molecule has 0 aromatic heterocycles. The highest BCUT2D eigenvalue weighted by Crippen LogP contribution is 2.36. The number of rotatable bonds is 1. The van der Waals surface area contributed by atoms with E-state index in [1.54, 1.807) is 0 Å². The lowest BCUT2D eigenvalue weighted by Gasteiger charge is -2.30. The van der Waals surface area contributed by atoms with Gasteiger partial charge >= 0.3 is 0 Å². The van der Waals surface area contributed by atoms with Gasteiger partial charge in [-0.05, 0) is 25.2 Å². The third-order valence-electron chi connectivity index (χ3n) is 2.56.